The number of aromatic nitrogens is 1. The van der Waals surface area contributed by atoms with Gasteiger partial charge in [-0.2, -0.15) is 0 Å². The van der Waals surface area contributed by atoms with Gasteiger partial charge < -0.3 is 4.98 Å². The highest BCUT2D eigenvalue weighted by Crippen LogP contribution is 2.32. The maximum Gasteiger partial charge on any atom is 0.310 e. The van der Waals surface area contributed by atoms with E-state index in [-0.39, 0.29) is 0 Å². The van der Waals surface area contributed by atoms with Crippen molar-refractivity contribution in [3.8, 4) is 0 Å². The standard InChI is InChI=1S/C14H13N4/c1-2-18(17-15)13-9-5-7-11-10-6-3-4-8-12(10)16-14(11)13/h3-9,16H,2H2,1H3/q+1. The molecular formula is C14H13N4+. The summed E-state index contributed by atoms with van der Waals surface area (Å²) < 4.78 is 0. The topological polar surface area (TPSA) is 47.2 Å². The fourth-order valence-corrected chi connectivity index (χ4v) is 2.35. The molecule has 4 heteroatoms. The highest BCUT2D eigenvalue weighted by atomic mass is 15.5. The second-order valence-corrected chi connectivity index (χ2v) is 4.18. The van der Waals surface area contributed by atoms with Gasteiger partial charge in [0.15, 0.2) is 0 Å². The Morgan fingerprint density at radius 3 is 2.67 bits per heavy atom. The predicted molar refractivity (Wildman–Crippen MR) is 73.9 cm³/mol. The van der Waals surface area contributed by atoms with E-state index in [1.165, 1.54) is 5.39 Å². The van der Waals surface area contributed by atoms with Crippen LogP contribution in [0.25, 0.3) is 26.9 Å². The lowest BCUT2D eigenvalue weighted by molar-refractivity contribution is 0.989. The van der Waals surface area contributed by atoms with Crippen LogP contribution in [-0.4, -0.2) is 11.5 Å². The minimum absolute atomic E-state index is 0.616. The number of fused-ring (bicyclic) bond motifs is 3. The molecule has 0 saturated carbocycles. The van der Waals surface area contributed by atoms with E-state index in [1.54, 1.807) is 5.01 Å². The average molecular weight is 237 g/mol. The lowest BCUT2D eigenvalue weighted by Crippen LogP contribution is -2.12. The zero-order valence-corrected chi connectivity index (χ0v) is 10.1. The van der Waals surface area contributed by atoms with Crippen molar-refractivity contribution in [2.45, 2.75) is 6.92 Å². The summed E-state index contributed by atoms with van der Waals surface area (Å²) in [4.78, 5) is 3.38. The zero-order valence-electron chi connectivity index (χ0n) is 10.1. The average Bonchev–Trinajstić information content (AvgIpc) is 2.80. The summed E-state index contributed by atoms with van der Waals surface area (Å²) in [7, 11) is 0. The van der Waals surface area contributed by atoms with Gasteiger partial charge in [-0.25, -0.2) is 0 Å². The molecule has 1 N–H and O–H groups in total. The predicted octanol–water partition coefficient (Wildman–Crippen LogP) is 3.92. The fraction of sp³-hybridized carbons (Fsp3) is 0.143. The molecule has 4 nitrogen and oxygen atoms in total. The number of anilines is 1. The third-order valence-electron chi connectivity index (χ3n) is 3.20. The summed E-state index contributed by atoms with van der Waals surface area (Å²) in [5.74, 6) is 0. The molecule has 0 spiro atoms. The summed E-state index contributed by atoms with van der Waals surface area (Å²) in [6.45, 7) is 2.56. The summed E-state index contributed by atoms with van der Waals surface area (Å²) in [5, 5.41) is 16.3. The molecule has 0 saturated heterocycles. The van der Waals surface area contributed by atoms with Gasteiger partial charge in [0, 0.05) is 21.3 Å². The van der Waals surface area contributed by atoms with Crippen molar-refractivity contribution in [3.05, 3.63) is 47.5 Å². The summed E-state index contributed by atoms with van der Waals surface area (Å²) >= 11 is 0. The Hall–Kier alpha value is -2.54. The molecule has 0 aliphatic carbocycles. The number of benzene rings is 2. The molecular weight excluding hydrogens is 224 g/mol. The number of diazo groups is 1. The normalized spacial score (nSPS) is 10.7. The molecule has 0 atom stereocenters. The first-order valence-electron chi connectivity index (χ1n) is 5.97. The van der Waals surface area contributed by atoms with E-state index in [2.05, 4.69) is 22.2 Å². The Labute approximate surface area is 104 Å². The minimum Gasteiger partial charge on any atom is -0.353 e. The Kier molecular flexibility index (Phi) is 2.38. The van der Waals surface area contributed by atoms with Crippen LogP contribution in [0.4, 0.5) is 5.69 Å². The van der Waals surface area contributed by atoms with Gasteiger partial charge in [-0.15, -0.1) is 0 Å². The number of nitrogens with one attached hydrogen (secondary N) is 1. The molecule has 1 heterocycles. The van der Waals surface area contributed by atoms with Crippen LogP contribution in [0.3, 0.4) is 0 Å². The van der Waals surface area contributed by atoms with Gasteiger partial charge in [-0.05, 0) is 19.1 Å². The monoisotopic (exact) mass is 237 g/mol. The zero-order chi connectivity index (χ0) is 12.5. The SMILES string of the molecule is CCN([N+]#N)c1cccc2c1[nH]c1ccccc12. The number of nitrogens with zero attached hydrogens (tertiary/aromatic N) is 3. The first-order valence-corrected chi connectivity index (χ1v) is 5.97. The molecule has 0 aliphatic heterocycles. The number of aromatic amines is 1. The third kappa shape index (κ3) is 1.41. The van der Waals surface area contributed by atoms with E-state index < -0.39 is 0 Å². The van der Waals surface area contributed by atoms with Crippen LogP contribution in [0.1, 0.15) is 6.92 Å². The van der Waals surface area contributed by atoms with Crippen LogP contribution in [0.15, 0.2) is 42.5 Å². The van der Waals surface area contributed by atoms with Crippen LogP contribution >= 0.6 is 0 Å². The van der Waals surface area contributed by atoms with Crippen molar-refractivity contribution in [2.75, 3.05) is 11.6 Å². The third-order valence-corrected chi connectivity index (χ3v) is 3.20. The molecule has 0 amide bonds. The van der Waals surface area contributed by atoms with Crippen molar-refractivity contribution in [1.82, 2.24) is 4.98 Å². The van der Waals surface area contributed by atoms with Crippen LogP contribution < -0.4 is 5.01 Å². The van der Waals surface area contributed by atoms with E-state index in [0.29, 0.717) is 6.54 Å². The number of hydrogen-bond acceptors (Lipinski definition) is 2. The maximum atomic E-state index is 9.05. The number of rotatable bonds is 2. The van der Waals surface area contributed by atoms with E-state index in [9.17, 15) is 0 Å². The van der Waals surface area contributed by atoms with Crippen LogP contribution in [0.5, 0.6) is 0 Å². The van der Waals surface area contributed by atoms with Gasteiger partial charge >= 0.3 is 5.08 Å². The van der Waals surface area contributed by atoms with E-state index >= 15 is 0 Å². The van der Waals surface area contributed by atoms with Crippen molar-refractivity contribution in [1.29, 1.82) is 5.39 Å². The smallest absolute Gasteiger partial charge is 0.310 e. The first-order chi connectivity index (χ1) is 8.85. The molecule has 88 valence electrons. The second kappa shape index (κ2) is 4.04. The van der Waals surface area contributed by atoms with Crippen molar-refractivity contribution in [3.63, 3.8) is 0 Å². The highest BCUT2D eigenvalue weighted by Gasteiger charge is 2.18. The largest absolute Gasteiger partial charge is 0.353 e. The molecule has 2 aromatic carbocycles. The van der Waals surface area contributed by atoms with E-state index in [4.69, 9.17) is 5.39 Å². The van der Waals surface area contributed by atoms with Gasteiger partial charge in [-0.3, -0.25) is 0 Å². The fourth-order valence-electron chi connectivity index (χ4n) is 2.35. The molecule has 0 aliphatic rings. The first kappa shape index (κ1) is 10.6. The molecule has 3 aromatic rings. The summed E-state index contributed by atoms with van der Waals surface area (Å²) in [6.07, 6.45) is 0. The molecule has 1 aromatic heterocycles. The van der Waals surface area contributed by atoms with Crippen LogP contribution in [0, 0.1) is 5.39 Å². The minimum atomic E-state index is 0.616. The lowest BCUT2D eigenvalue weighted by Gasteiger charge is -2.02. The molecule has 0 fully saturated rings. The highest BCUT2D eigenvalue weighted by molar-refractivity contribution is 6.11. The molecule has 0 radical (unpaired) electrons. The summed E-state index contributed by atoms with van der Waals surface area (Å²) in [6, 6.07) is 14.2. The number of hydrogen-bond donors (Lipinski definition) is 1. The summed E-state index contributed by atoms with van der Waals surface area (Å²) in [5.41, 5.74) is 2.97. The Bertz CT molecular complexity index is 751. The van der Waals surface area contributed by atoms with Crippen LogP contribution in [-0.2, 0) is 0 Å². The quantitative estimate of drug-likeness (QED) is 0.542. The van der Waals surface area contributed by atoms with Gasteiger partial charge in [-0.1, -0.05) is 30.3 Å². The van der Waals surface area contributed by atoms with Gasteiger partial charge in [0.05, 0.1) is 12.1 Å². The lowest BCUT2D eigenvalue weighted by atomic mass is 10.1. The Morgan fingerprint density at radius 2 is 1.89 bits per heavy atom. The Morgan fingerprint density at radius 1 is 1.11 bits per heavy atom. The van der Waals surface area contributed by atoms with Gasteiger partial charge in [0.2, 0.25) is 0 Å². The maximum absolute atomic E-state index is 9.05. The molecule has 18 heavy (non-hydrogen) atoms. The Balaban J connectivity index is 2.38. The number of para-hydroxylation sites is 2. The second-order valence-electron chi connectivity index (χ2n) is 4.18. The molecule has 0 unspecified atom stereocenters. The van der Waals surface area contributed by atoms with E-state index in [0.717, 1.165) is 22.1 Å². The van der Waals surface area contributed by atoms with Crippen molar-refractivity contribution in [2.24, 2.45) is 0 Å². The van der Waals surface area contributed by atoms with Gasteiger partial charge in [0.1, 0.15) is 5.69 Å². The molecule has 3 rings (SSSR count). The van der Waals surface area contributed by atoms with Crippen molar-refractivity contribution < 1.29 is 0 Å². The number of H-pyrrole nitrogens is 1. The van der Waals surface area contributed by atoms with E-state index in [1.807, 2.05) is 37.3 Å². The van der Waals surface area contributed by atoms with Gasteiger partial charge in [0.25, 0.3) is 5.39 Å². The molecule has 0 bridgehead atoms. The van der Waals surface area contributed by atoms with Crippen LogP contribution in [0.2, 0.25) is 0 Å². The van der Waals surface area contributed by atoms with Crippen molar-refractivity contribution >= 4 is 27.5 Å².